The van der Waals surface area contributed by atoms with Crippen molar-refractivity contribution in [3.8, 4) is 0 Å². The van der Waals surface area contributed by atoms with Gasteiger partial charge in [0, 0.05) is 15.0 Å². The Morgan fingerprint density at radius 3 is 2.56 bits per heavy atom. The molecule has 90 valence electrons. The maximum absolute atomic E-state index is 3.63. The first-order chi connectivity index (χ1) is 7.69. The molecule has 0 aliphatic rings. The molecule has 0 fully saturated rings. The quantitative estimate of drug-likeness (QED) is 0.709. The van der Waals surface area contributed by atoms with Crippen molar-refractivity contribution < 1.29 is 0 Å². The van der Waals surface area contributed by atoms with Gasteiger partial charge in [0.05, 0.1) is 0 Å². The highest BCUT2D eigenvalue weighted by Crippen LogP contribution is 2.29. The van der Waals surface area contributed by atoms with E-state index >= 15 is 0 Å². The van der Waals surface area contributed by atoms with Crippen LogP contribution in [-0.2, 0) is 0 Å². The van der Waals surface area contributed by atoms with E-state index in [1.54, 1.807) is 0 Å². The van der Waals surface area contributed by atoms with Crippen LogP contribution in [-0.4, -0.2) is 7.05 Å². The molecule has 0 heterocycles. The average molecular weight is 349 g/mol. The van der Waals surface area contributed by atoms with Crippen LogP contribution in [0.1, 0.15) is 44.2 Å². The Morgan fingerprint density at radius 2 is 2.00 bits per heavy atom. The summed E-state index contributed by atoms with van der Waals surface area (Å²) in [4.78, 5) is 0. The second-order valence-corrected chi connectivity index (χ2v) is 5.77. The number of hydrogen-bond donors (Lipinski definition) is 1. The molecular weight excluding hydrogens is 330 g/mol. The van der Waals surface area contributed by atoms with Crippen molar-refractivity contribution in [1.29, 1.82) is 0 Å². The molecule has 3 heteroatoms. The van der Waals surface area contributed by atoms with E-state index in [2.05, 4.69) is 62.3 Å². The average Bonchev–Trinajstić information content (AvgIpc) is 2.26. The fourth-order valence-corrected chi connectivity index (χ4v) is 3.16. The molecule has 0 amide bonds. The van der Waals surface area contributed by atoms with E-state index in [1.807, 2.05) is 7.05 Å². The van der Waals surface area contributed by atoms with Gasteiger partial charge >= 0.3 is 0 Å². The minimum absolute atomic E-state index is 0.453. The third-order valence-electron chi connectivity index (χ3n) is 2.78. The third kappa shape index (κ3) is 4.19. The van der Waals surface area contributed by atoms with E-state index in [-0.39, 0.29) is 0 Å². The molecule has 0 aliphatic carbocycles. The van der Waals surface area contributed by atoms with Crippen molar-refractivity contribution in [3.63, 3.8) is 0 Å². The minimum Gasteiger partial charge on any atom is -0.313 e. The van der Waals surface area contributed by atoms with E-state index in [4.69, 9.17) is 0 Å². The van der Waals surface area contributed by atoms with Gasteiger partial charge in [0.1, 0.15) is 0 Å². The van der Waals surface area contributed by atoms with Crippen LogP contribution in [0.25, 0.3) is 0 Å². The summed E-state index contributed by atoms with van der Waals surface area (Å²) in [5.74, 6) is 0. The molecule has 0 saturated heterocycles. The highest BCUT2D eigenvalue weighted by molar-refractivity contribution is 9.11. The van der Waals surface area contributed by atoms with Gasteiger partial charge in [0.15, 0.2) is 0 Å². The molecule has 1 N–H and O–H groups in total. The molecule has 0 aromatic heterocycles. The summed E-state index contributed by atoms with van der Waals surface area (Å²) in [6.07, 6.45) is 5.07. The fourth-order valence-electron chi connectivity index (χ4n) is 1.84. The SMILES string of the molecule is CCCCCC(NC)c1ccc(Br)cc1Br. The van der Waals surface area contributed by atoms with Gasteiger partial charge in [-0.1, -0.05) is 64.1 Å². The highest BCUT2D eigenvalue weighted by atomic mass is 79.9. The topological polar surface area (TPSA) is 12.0 Å². The first kappa shape index (κ1) is 14.2. The summed E-state index contributed by atoms with van der Waals surface area (Å²) in [6, 6.07) is 6.85. The normalized spacial score (nSPS) is 12.8. The molecule has 1 aromatic rings. The van der Waals surface area contributed by atoms with Crippen LogP contribution in [0.2, 0.25) is 0 Å². The summed E-state index contributed by atoms with van der Waals surface area (Å²) < 4.78 is 2.30. The zero-order chi connectivity index (χ0) is 12.0. The van der Waals surface area contributed by atoms with Crippen LogP contribution in [0, 0.1) is 0 Å². The lowest BCUT2D eigenvalue weighted by atomic mass is 10.0. The smallest absolute Gasteiger partial charge is 0.0328 e. The van der Waals surface area contributed by atoms with E-state index in [1.165, 1.54) is 35.7 Å². The van der Waals surface area contributed by atoms with Gasteiger partial charge in [-0.3, -0.25) is 0 Å². The summed E-state index contributed by atoms with van der Waals surface area (Å²) in [6.45, 7) is 2.24. The summed E-state index contributed by atoms with van der Waals surface area (Å²) in [7, 11) is 2.03. The molecule has 0 spiro atoms. The van der Waals surface area contributed by atoms with Crippen LogP contribution < -0.4 is 5.32 Å². The first-order valence-electron chi connectivity index (χ1n) is 5.81. The third-order valence-corrected chi connectivity index (χ3v) is 3.96. The number of nitrogens with one attached hydrogen (secondary N) is 1. The van der Waals surface area contributed by atoms with E-state index in [0.29, 0.717) is 6.04 Å². The lowest BCUT2D eigenvalue weighted by Crippen LogP contribution is -2.16. The number of unbranched alkanes of at least 4 members (excludes halogenated alkanes) is 2. The second kappa shape index (κ2) is 7.46. The standard InChI is InChI=1S/C13H19Br2N/c1-3-4-5-6-13(16-2)11-8-7-10(14)9-12(11)15/h7-9,13,16H,3-6H2,1-2H3. The Hall–Kier alpha value is 0.140. The lowest BCUT2D eigenvalue weighted by molar-refractivity contribution is 0.510. The molecule has 1 unspecified atom stereocenters. The van der Waals surface area contributed by atoms with Crippen molar-refractivity contribution in [1.82, 2.24) is 5.32 Å². The number of halogens is 2. The first-order valence-corrected chi connectivity index (χ1v) is 7.39. The molecule has 0 saturated carbocycles. The monoisotopic (exact) mass is 347 g/mol. The van der Waals surface area contributed by atoms with Gasteiger partial charge in [0.2, 0.25) is 0 Å². The Labute approximate surface area is 115 Å². The Bertz CT molecular complexity index is 326. The lowest BCUT2D eigenvalue weighted by Gasteiger charge is -2.18. The Balaban J connectivity index is 2.70. The van der Waals surface area contributed by atoms with Crippen molar-refractivity contribution in [2.75, 3.05) is 7.05 Å². The maximum Gasteiger partial charge on any atom is 0.0328 e. The summed E-state index contributed by atoms with van der Waals surface area (Å²) >= 11 is 7.11. The predicted molar refractivity (Wildman–Crippen MR) is 77.8 cm³/mol. The van der Waals surface area contributed by atoms with Crippen LogP contribution in [0.4, 0.5) is 0 Å². The zero-order valence-electron chi connectivity index (χ0n) is 9.89. The van der Waals surface area contributed by atoms with Gasteiger partial charge in [-0.25, -0.2) is 0 Å². The predicted octanol–water partition coefficient (Wildman–Crippen LogP) is 5.05. The number of hydrogen-bond acceptors (Lipinski definition) is 1. The van der Waals surface area contributed by atoms with Crippen molar-refractivity contribution in [3.05, 3.63) is 32.7 Å². The van der Waals surface area contributed by atoms with Crippen molar-refractivity contribution >= 4 is 31.9 Å². The molecule has 16 heavy (non-hydrogen) atoms. The van der Waals surface area contributed by atoms with Gasteiger partial charge < -0.3 is 5.32 Å². The molecule has 0 aliphatic heterocycles. The zero-order valence-corrected chi connectivity index (χ0v) is 13.1. The van der Waals surface area contributed by atoms with E-state index in [9.17, 15) is 0 Å². The van der Waals surface area contributed by atoms with Crippen LogP contribution in [0.3, 0.4) is 0 Å². The van der Waals surface area contributed by atoms with Crippen LogP contribution in [0.15, 0.2) is 27.1 Å². The minimum atomic E-state index is 0.453. The highest BCUT2D eigenvalue weighted by Gasteiger charge is 2.12. The van der Waals surface area contributed by atoms with E-state index < -0.39 is 0 Å². The van der Waals surface area contributed by atoms with Gasteiger partial charge in [-0.15, -0.1) is 0 Å². The summed E-state index contributed by atoms with van der Waals surface area (Å²) in [5.41, 5.74) is 1.35. The van der Waals surface area contributed by atoms with Crippen molar-refractivity contribution in [2.24, 2.45) is 0 Å². The Kier molecular flexibility index (Phi) is 6.62. The molecule has 1 rings (SSSR count). The molecule has 0 bridgehead atoms. The maximum atomic E-state index is 3.63. The van der Waals surface area contributed by atoms with Crippen LogP contribution in [0.5, 0.6) is 0 Å². The molecule has 1 atom stereocenters. The summed E-state index contributed by atoms with van der Waals surface area (Å²) in [5, 5.41) is 3.39. The van der Waals surface area contributed by atoms with Gasteiger partial charge in [-0.05, 0) is 31.2 Å². The molecule has 0 radical (unpaired) electrons. The van der Waals surface area contributed by atoms with E-state index in [0.717, 1.165) is 4.47 Å². The molecular formula is C13H19Br2N. The molecule has 1 aromatic carbocycles. The number of benzene rings is 1. The second-order valence-electron chi connectivity index (χ2n) is 4.00. The fraction of sp³-hybridized carbons (Fsp3) is 0.538. The number of rotatable bonds is 6. The molecule has 1 nitrogen and oxygen atoms in total. The Morgan fingerprint density at radius 1 is 1.25 bits per heavy atom. The van der Waals surface area contributed by atoms with Crippen LogP contribution >= 0.6 is 31.9 Å². The largest absolute Gasteiger partial charge is 0.313 e. The van der Waals surface area contributed by atoms with Gasteiger partial charge in [0.25, 0.3) is 0 Å². The van der Waals surface area contributed by atoms with Crippen molar-refractivity contribution in [2.45, 2.75) is 38.6 Å². The van der Waals surface area contributed by atoms with Gasteiger partial charge in [-0.2, -0.15) is 0 Å².